The fourth-order valence-corrected chi connectivity index (χ4v) is 0.218. The SMILES string of the molecule is CN(C)OC(=O)C(F)(F)F. The highest BCUT2D eigenvalue weighted by Crippen LogP contribution is 2.16. The third-order valence-corrected chi connectivity index (χ3v) is 0.497. The molecule has 3 nitrogen and oxygen atoms in total. The lowest BCUT2D eigenvalue weighted by atomic mass is 10.7. The molecule has 0 atom stereocenters. The maximum Gasteiger partial charge on any atom is 0.492 e. The van der Waals surface area contributed by atoms with Crippen LogP contribution in [-0.2, 0) is 9.63 Å². The normalized spacial score (nSPS) is 11.8. The smallest absolute Gasteiger partial charge is 0.361 e. The standard InChI is InChI=1S/C4H6F3NO2/c1-8(2)10-3(9)4(5,6)7/h1-2H3. The van der Waals surface area contributed by atoms with Crippen molar-refractivity contribution in [2.75, 3.05) is 14.1 Å². The Hall–Kier alpha value is -0.780. The molecule has 0 rings (SSSR count). The van der Waals surface area contributed by atoms with Gasteiger partial charge < -0.3 is 4.84 Å². The lowest BCUT2D eigenvalue weighted by Gasteiger charge is -2.10. The van der Waals surface area contributed by atoms with Crippen molar-refractivity contribution in [3.05, 3.63) is 0 Å². The number of hydrogen-bond acceptors (Lipinski definition) is 3. The van der Waals surface area contributed by atoms with Crippen LogP contribution in [0.3, 0.4) is 0 Å². The molecule has 10 heavy (non-hydrogen) atoms. The number of hydroxylamine groups is 2. The van der Waals surface area contributed by atoms with Gasteiger partial charge in [0.1, 0.15) is 0 Å². The molecule has 0 aliphatic heterocycles. The van der Waals surface area contributed by atoms with Crippen molar-refractivity contribution >= 4 is 5.97 Å². The van der Waals surface area contributed by atoms with Crippen LogP contribution in [0.1, 0.15) is 0 Å². The molecule has 0 bridgehead atoms. The summed E-state index contributed by atoms with van der Waals surface area (Å²) in [4.78, 5) is 13.6. The van der Waals surface area contributed by atoms with E-state index < -0.39 is 12.1 Å². The molecule has 0 aliphatic rings. The number of halogens is 3. The minimum atomic E-state index is -4.91. The summed E-state index contributed by atoms with van der Waals surface area (Å²) in [5, 5.41) is 0.676. The Balaban J connectivity index is 3.87. The van der Waals surface area contributed by atoms with Crippen molar-refractivity contribution in [1.29, 1.82) is 0 Å². The zero-order chi connectivity index (χ0) is 8.36. The summed E-state index contributed by atoms with van der Waals surface area (Å²) in [6.07, 6.45) is -4.91. The molecule has 0 aromatic rings. The quantitative estimate of drug-likeness (QED) is 0.521. The van der Waals surface area contributed by atoms with E-state index in [-0.39, 0.29) is 0 Å². The van der Waals surface area contributed by atoms with Crippen LogP contribution < -0.4 is 0 Å². The number of carbonyl (C=O) groups is 1. The summed E-state index contributed by atoms with van der Waals surface area (Å²) in [6, 6.07) is 0. The number of rotatable bonds is 1. The number of carbonyl (C=O) groups excluding carboxylic acids is 1. The van der Waals surface area contributed by atoms with Crippen LogP contribution in [0.25, 0.3) is 0 Å². The number of hydrogen-bond donors (Lipinski definition) is 0. The van der Waals surface area contributed by atoms with Crippen LogP contribution in [0, 0.1) is 0 Å². The molecule has 0 unspecified atom stereocenters. The van der Waals surface area contributed by atoms with Gasteiger partial charge in [-0.25, -0.2) is 4.79 Å². The largest absolute Gasteiger partial charge is 0.492 e. The first-order chi connectivity index (χ1) is 4.34. The summed E-state index contributed by atoms with van der Waals surface area (Å²) >= 11 is 0. The van der Waals surface area contributed by atoms with E-state index in [1.54, 1.807) is 0 Å². The van der Waals surface area contributed by atoms with Gasteiger partial charge in [-0.15, -0.1) is 5.06 Å². The first kappa shape index (κ1) is 9.22. The second-order valence-electron chi connectivity index (χ2n) is 1.69. The molecule has 0 amide bonds. The Morgan fingerprint density at radius 3 is 1.90 bits per heavy atom. The lowest BCUT2D eigenvalue weighted by Crippen LogP contribution is -2.30. The third kappa shape index (κ3) is 3.29. The molecule has 0 aliphatic carbocycles. The molecule has 0 aromatic carbocycles. The fraction of sp³-hybridized carbons (Fsp3) is 0.750. The van der Waals surface area contributed by atoms with E-state index in [1.165, 1.54) is 14.1 Å². The van der Waals surface area contributed by atoms with E-state index in [1.807, 2.05) is 0 Å². The van der Waals surface area contributed by atoms with Crippen molar-refractivity contribution in [1.82, 2.24) is 5.06 Å². The molecule has 0 fully saturated rings. The van der Waals surface area contributed by atoms with Crippen LogP contribution in [0.4, 0.5) is 13.2 Å². The molecule has 60 valence electrons. The van der Waals surface area contributed by atoms with Crippen LogP contribution in [0.5, 0.6) is 0 Å². The van der Waals surface area contributed by atoms with E-state index in [0.29, 0.717) is 5.06 Å². The first-order valence-corrected chi connectivity index (χ1v) is 2.30. The number of alkyl halides is 3. The molecule has 0 N–H and O–H groups in total. The summed E-state index contributed by atoms with van der Waals surface area (Å²) in [5.74, 6) is -2.21. The summed E-state index contributed by atoms with van der Waals surface area (Å²) in [5.41, 5.74) is 0. The summed E-state index contributed by atoms with van der Waals surface area (Å²) in [6.45, 7) is 0. The Kier molecular flexibility index (Phi) is 2.65. The Bertz CT molecular complexity index is 131. The highest BCUT2D eigenvalue weighted by atomic mass is 19.4. The van der Waals surface area contributed by atoms with Gasteiger partial charge in [0.05, 0.1) is 0 Å². The van der Waals surface area contributed by atoms with Crippen molar-refractivity contribution in [2.45, 2.75) is 6.18 Å². The van der Waals surface area contributed by atoms with Gasteiger partial charge in [0.15, 0.2) is 0 Å². The monoisotopic (exact) mass is 157 g/mol. The van der Waals surface area contributed by atoms with Gasteiger partial charge in [-0.05, 0) is 0 Å². The van der Waals surface area contributed by atoms with Gasteiger partial charge in [0.2, 0.25) is 0 Å². The minimum absolute atomic E-state index is 0.676. The Labute approximate surface area is 55.3 Å². The first-order valence-electron chi connectivity index (χ1n) is 2.30. The predicted molar refractivity (Wildman–Crippen MR) is 25.8 cm³/mol. The van der Waals surface area contributed by atoms with E-state index >= 15 is 0 Å². The molecular formula is C4H6F3NO2. The van der Waals surface area contributed by atoms with Gasteiger partial charge >= 0.3 is 12.1 Å². The zero-order valence-corrected chi connectivity index (χ0v) is 5.40. The molecule has 0 heterocycles. The average molecular weight is 157 g/mol. The number of nitrogens with zero attached hydrogens (tertiary/aromatic N) is 1. The maximum atomic E-state index is 11.3. The van der Waals surface area contributed by atoms with Crippen molar-refractivity contribution in [3.8, 4) is 0 Å². The molecule has 0 aromatic heterocycles. The fourth-order valence-electron chi connectivity index (χ4n) is 0.218. The Morgan fingerprint density at radius 1 is 1.40 bits per heavy atom. The highest BCUT2D eigenvalue weighted by Gasteiger charge is 2.41. The predicted octanol–water partition coefficient (Wildman–Crippen LogP) is 0.569. The van der Waals surface area contributed by atoms with Crippen LogP contribution in [0.2, 0.25) is 0 Å². The van der Waals surface area contributed by atoms with Gasteiger partial charge in [0.25, 0.3) is 0 Å². The average Bonchev–Trinajstić information content (AvgIpc) is 1.60. The van der Waals surface area contributed by atoms with Crippen molar-refractivity contribution in [2.24, 2.45) is 0 Å². The summed E-state index contributed by atoms with van der Waals surface area (Å²) < 4.78 is 33.9. The molecule has 0 radical (unpaired) electrons. The second-order valence-corrected chi connectivity index (χ2v) is 1.69. The van der Waals surface area contributed by atoms with Crippen LogP contribution in [0.15, 0.2) is 0 Å². The van der Waals surface area contributed by atoms with E-state index in [2.05, 4.69) is 4.84 Å². The van der Waals surface area contributed by atoms with Gasteiger partial charge in [-0.3, -0.25) is 0 Å². The lowest BCUT2D eigenvalue weighted by molar-refractivity contribution is -0.229. The Morgan fingerprint density at radius 2 is 1.80 bits per heavy atom. The zero-order valence-electron chi connectivity index (χ0n) is 5.40. The van der Waals surface area contributed by atoms with E-state index in [4.69, 9.17) is 0 Å². The van der Waals surface area contributed by atoms with Crippen LogP contribution in [-0.4, -0.2) is 31.3 Å². The molecule has 0 spiro atoms. The van der Waals surface area contributed by atoms with Crippen molar-refractivity contribution in [3.63, 3.8) is 0 Å². The minimum Gasteiger partial charge on any atom is -0.361 e. The highest BCUT2D eigenvalue weighted by molar-refractivity contribution is 5.75. The second kappa shape index (κ2) is 2.87. The third-order valence-electron chi connectivity index (χ3n) is 0.497. The van der Waals surface area contributed by atoms with E-state index in [9.17, 15) is 18.0 Å². The summed E-state index contributed by atoms with van der Waals surface area (Å²) in [7, 11) is 2.37. The van der Waals surface area contributed by atoms with Crippen LogP contribution >= 0.6 is 0 Å². The molecular weight excluding hydrogens is 151 g/mol. The molecule has 0 saturated heterocycles. The maximum absolute atomic E-state index is 11.3. The topological polar surface area (TPSA) is 29.5 Å². The van der Waals surface area contributed by atoms with Gasteiger partial charge in [0, 0.05) is 14.1 Å². The van der Waals surface area contributed by atoms with Gasteiger partial charge in [-0.1, -0.05) is 0 Å². The van der Waals surface area contributed by atoms with E-state index in [0.717, 1.165) is 0 Å². The van der Waals surface area contributed by atoms with Gasteiger partial charge in [-0.2, -0.15) is 13.2 Å². The van der Waals surface area contributed by atoms with Crippen molar-refractivity contribution < 1.29 is 22.8 Å². The molecule has 0 saturated carbocycles. The molecule has 6 heteroatoms.